The molecule has 1 aliphatic rings. The molecule has 1 saturated heterocycles. The molecule has 0 spiro atoms. The van der Waals surface area contributed by atoms with Crippen molar-refractivity contribution in [2.45, 2.75) is 78.0 Å². The molecule has 2 heterocycles. The summed E-state index contributed by atoms with van der Waals surface area (Å²) in [6.07, 6.45) is 4.00. The van der Waals surface area contributed by atoms with Gasteiger partial charge in [0.25, 0.3) is 5.91 Å². The van der Waals surface area contributed by atoms with Gasteiger partial charge in [-0.3, -0.25) is 15.1 Å². The average Bonchev–Trinajstić information content (AvgIpc) is 2.93. The fourth-order valence-electron chi connectivity index (χ4n) is 4.78. The van der Waals surface area contributed by atoms with Crippen LogP contribution in [-0.4, -0.2) is 57.8 Å². The minimum Gasteiger partial charge on any atom is -0.444 e. The molecule has 0 bridgehead atoms. The highest BCUT2D eigenvalue weighted by molar-refractivity contribution is 6.07. The molecule has 44 heavy (non-hydrogen) atoms. The zero-order valence-electron chi connectivity index (χ0n) is 26.6. The van der Waals surface area contributed by atoms with Gasteiger partial charge < -0.3 is 25.0 Å². The molecule has 1 aromatic heterocycles. The number of aromatic nitrogens is 1. The van der Waals surface area contributed by atoms with E-state index in [2.05, 4.69) is 27.9 Å². The summed E-state index contributed by atoms with van der Waals surface area (Å²) in [4.78, 5) is 44.2. The Balaban J connectivity index is 1.44. The van der Waals surface area contributed by atoms with Crippen LogP contribution in [0.25, 0.3) is 11.1 Å². The maximum absolute atomic E-state index is 13.4. The van der Waals surface area contributed by atoms with Crippen molar-refractivity contribution in [1.29, 1.82) is 0 Å². The van der Waals surface area contributed by atoms with Crippen LogP contribution in [0.2, 0.25) is 0 Å². The van der Waals surface area contributed by atoms with Crippen molar-refractivity contribution >= 4 is 35.2 Å². The molecule has 0 atom stereocenters. The van der Waals surface area contributed by atoms with Crippen LogP contribution in [0.3, 0.4) is 0 Å². The van der Waals surface area contributed by atoms with E-state index in [9.17, 15) is 14.4 Å². The van der Waals surface area contributed by atoms with E-state index in [4.69, 9.17) is 9.47 Å². The number of nitrogens with one attached hydrogen (secondary N) is 3. The van der Waals surface area contributed by atoms with Crippen LogP contribution >= 0.6 is 0 Å². The van der Waals surface area contributed by atoms with E-state index in [1.165, 1.54) is 0 Å². The number of hydrogen-bond donors (Lipinski definition) is 3. The van der Waals surface area contributed by atoms with Crippen molar-refractivity contribution in [3.8, 4) is 11.1 Å². The molecule has 0 unspecified atom stereocenters. The van der Waals surface area contributed by atoms with Crippen molar-refractivity contribution in [3.63, 3.8) is 0 Å². The maximum atomic E-state index is 13.4. The number of nitrogens with zero attached hydrogens (tertiary/aromatic N) is 2. The van der Waals surface area contributed by atoms with Crippen LogP contribution in [0.1, 0.15) is 71.7 Å². The molecule has 10 nitrogen and oxygen atoms in total. The Morgan fingerprint density at radius 3 is 1.98 bits per heavy atom. The fourth-order valence-corrected chi connectivity index (χ4v) is 4.78. The lowest BCUT2D eigenvalue weighted by Crippen LogP contribution is -2.50. The zero-order chi connectivity index (χ0) is 32.1. The molecule has 4 rings (SSSR count). The summed E-state index contributed by atoms with van der Waals surface area (Å²) < 4.78 is 10.9. The van der Waals surface area contributed by atoms with Crippen molar-refractivity contribution in [2.75, 3.05) is 29.0 Å². The van der Waals surface area contributed by atoms with E-state index in [-0.39, 0.29) is 17.5 Å². The molecular formula is C34H43N5O5. The van der Waals surface area contributed by atoms with Crippen LogP contribution in [0, 0.1) is 0 Å². The van der Waals surface area contributed by atoms with E-state index in [0.717, 1.165) is 29.7 Å². The summed E-state index contributed by atoms with van der Waals surface area (Å²) in [6, 6.07) is 16.4. The van der Waals surface area contributed by atoms with E-state index in [0.29, 0.717) is 30.0 Å². The van der Waals surface area contributed by atoms with Crippen LogP contribution < -0.4 is 16.0 Å². The van der Waals surface area contributed by atoms with Crippen LogP contribution in [0.5, 0.6) is 0 Å². The molecular weight excluding hydrogens is 558 g/mol. The topological polar surface area (TPSA) is 122 Å². The van der Waals surface area contributed by atoms with Gasteiger partial charge in [-0.25, -0.2) is 9.59 Å². The van der Waals surface area contributed by atoms with Crippen LogP contribution in [0.15, 0.2) is 67.0 Å². The third-order valence-electron chi connectivity index (χ3n) is 7.03. The van der Waals surface area contributed by atoms with Crippen LogP contribution in [0.4, 0.5) is 26.7 Å². The molecule has 2 aromatic carbocycles. The number of piperidine rings is 1. The third-order valence-corrected chi connectivity index (χ3v) is 7.03. The Hall–Kier alpha value is -4.60. The van der Waals surface area contributed by atoms with E-state index in [1.54, 1.807) is 62.3 Å². The quantitative estimate of drug-likeness (QED) is 0.267. The van der Waals surface area contributed by atoms with Gasteiger partial charge in [0.15, 0.2) is 0 Å². The summed E-state index contributed by atoms with van der Waals surface area (Å²) >= 11 is 0. The predicted molar refractivity (Wildman–Crippen MR) is 173 cm³/mol. The highest BCUT2D eigenvalue weighted by Gasteiger charge is 2.33. The Morgan fingerprint density at radius 1 is 0.773 bits per heavy atom. The lowest BCUT2D eigenvalue weighted by molar-refractivity contribution is 0.0184. The van der Waals surface area contributed by atoms with Gasteiger partial charge in [0, 0.05) is 42.3 Å². The van der Waals surface area contributed by atoms with Crippen molar-refractivity contribution in [3.05, 3.63) is 72.6 Å². The number of amides is 3. The molecule has 0 radical (unpaired) electrons. The predicted octanol–water partition coefficient (Wildman–Crippen LogP) is 7.55. The second-order valence-electron chi connectivity index (χ2n) is 13.3. The van der Waals surface area contributed by atoms with Gasteiger partial charge in [-0.15, -0.1) is 0 Å². The lowest BCUT2D eigenvalue weighted by Gasteiger charge is -2.40. The summed E-state index contributed by atoms with van der Waals surface area (Å²) in [5.74, 6) is -0.326. The number of pyridine rings is 1. The molecule has 3 amide bonds. The summed E-state index contributed by atoms with van der Waals surface area (Å²) in [7, 11) is 0. The molecule has 0 saturated carbocycles. The molecule has 1 aliphatic heterocycles. The number of carbonyl (C=O) groups is 3. The largest absolute Gasteiger partial charge is 0.444 e. The number of ether oxygens (including phenoxy) is 2. The van der Waals surface area contributed by atoms with Gasteiger partial charge in [0.1, 0.15) is 11.2 Å². The maximum Gasteiger partial charge on any atom is 0.412 e. The summed E-state index contributed by atoms with van der Waals surface area (Å²) in [6.45, 7) is 14.3. The van der Waals surface area contributed by atoms with E-state index in [1.807, 2.05) is 51.1 Å². The normalized spacial score (nSPS) is 14.8. The van der Waals surface area contributed by atoms with E-state index >= 15 is 0 Å². The molecule has 10 heteroatoms. The van der Waals surface area contributed by atoms with Gasteiger partial charge in [-0.05, 0) is 121 Å². The SMILES string of the molecule is CC1(Nc2ccc(C(=O)Nc3cc(-c4ccncc4)ccc3NC(=O)OC(C)(C)C)cc2)CCN(C(=O)OC(C)(C)C)CC1. The van der Waals surface area contributed by atoms with Gasteiger partial charge >= 0.3 is 12.2 Å². The number of anilines is 3. The first-order valence-corrected chi connectivity index (χ1v) is 14.8. The number of rotatable bonds is 6. The van der Waals surface area contributed by atoms with Crippen molar-refractivity contribution in [2.24, 2.45) is 0 Å². The molecule has 3 N–H and O–H groups in total. The minimum absolute atomic E-state index is 0.210. The fraction of sp³-hybridized carbons (Fsp3) is 0.412. The van der Waals surface area contributed by atoms with Gasteiger partial charge in [-0.2, -0.15) is 0 Å². The zero-order valence-corrected chi connectivity index (χ0v) is 26.6. The number of likely N-dealkylation sites (tertiary alicyclic amines) is 1. The standard InChI is InChI=1S/C34H43N5O5/c1-32(2,3)43-30(41)37-27-13-10-25(23-14-18-35-19-15-23)22-28(27)36-29(40)24-8-11-26(12-9-24)38-34(7)16-20-39(21-17-34)31(42)44-33(4,5)6/h8-15,18-19,22,38H,16-17,20-21H2,1-7H3,(H,36,40)(H,37,41). The second-order valence-corrected chi connectivity index (χ2v) is 13.3. The first kappa shape index (κ1) is 32.3. The molecule has 234 valence electrons. The highest BCUT2D eigenvalue weighted by Crippen LogP contribution is 2.31. The monoisotopic (exact) mass is 601 g/mol. The molecule has 3 aromatic rings. The number of carbonyl (C=O) groups excluding carboxylic acids is 3. The second kappa shape index (κ2) is 13.0. The number of hydrogen-bond acceptors (Lipinski definition) is 7. The summed E-state index contributed by atoms with van der Waals surface area (Å²) in [5.41, 5.74) is 2.53. The summed E-state index contributed by atoms with van der Waals surface area (Å²) in [5, 5.41) is 9.28. The smallest absolute Gasteiger partial charge is 0.412 e. The van der Waals surface area contributed by atoms with Crippen molar-refractivity contribution in [1.82, 2.24) is 9.88 Å². The highest BCUT2D eigenvalue weighted by atomic mass is 16.6. The van der Waals surface area contributed by atoms with Gasteiger partial charge in [0.2, 0.25) is 0 Å². The Morgan fingerprint density at radius 2 is 1.39 bits per heavy atom. The number of benzene rings is 2. The molecule has 1 fully saturated rings. The average molecular weight is 602 g/mol. The molecule has 0 aliphatic carbocycles. The first-order valence-electron chi connectivity index (χ1n) is 14.8. The minimum atomic E-state index is -0.674. The Labute approximate surface area is 259 Å². The van der Waals surface area contributed by atoms with Gasteiger partial charge in [0.05, 0.1) is 11.4 Å². The Bertz CT molecular complexity index is 1470. The Kier molecular flexibility index (Phi) is 9.51. The lowest BCUT2D eigenvalue weighted by atomic mass is 9.89. The first-order chi connectivity index (χ1) is 20.6. The third kappa shape index (κ3) is 9.20. The van der Waals surface area contributed by atoms with E-state index < -0.39 is 17.3 Å². The van der Waals surface area contributed by atoms with Crippen molar-refractivity contribution < 1.29 is 23.9 Å². The van der Waals surface area contributed by atoms with Crippen LogP contribution in [-0.2, 0) is 9.47 Å². The van der Waals surface area contributed by atoms with Gasteiger partial charge in [-0.1, -0.05) is 6.07 Å².